The number of rotatable bonds is 9. The Bertz CT molecular complexity index is 1490. The Hall–Kier alpha value is -4.59. The van der Waals surface area contributed by atoms with Crippen LogP contribution < -0.4 is 16.2 Å². The zero-order valence-electron chi connectivity index (χ0n) is 20.1. The molecule has 1 unspecified atom stereocenters. The van der Waals surface area contributed by atoms with Crippen molar-refractivity contribution in [3.05, 3.63) is 89.1 Å². The molecule has 1 amide bonds. The molecule has 0 aliphatic carbocycles. The van der Waals surface area contributed by atoms with Crippen LogP contribution in [0.25, 0.3) is 22.0 Å². The van der Waals surface area contributed by atoms with Crippen LogP contribution >= 0.6 is 0 Å². The predicted molar refractivity (Wildman–Crippen MR) is 140 cm³/mol. The first kappa shape index (κ1) is 24.5. The summed E-state index contributed by atoms with van der Waals surface area (Å²) in [4.78, 5) is 23.8. The van der Waals surface area contributed by atoms with Gasteiger partial charge in [0.15, 0.2) is 0 Å². The number of fused-ring (bicyclic) bond motifs is 1. The van der Waals surface area contributed by atoms with Gasteiger partial charge in [-0.25, -0.2) is 4.79 Å². The number of carbonyl (C=O) groups excluding carboxylic acids is 1. The minimum absolute atomic E-state index is 0.0415. The molecular formula is C28H28N4O4. The number of nitrogen functional groups attached to an aromatic ring is 1. The maximum absolute atomic E-state index is 12.0. The van der Waals surface area contributed by atoms with Gasteiger partial charge in [-0.05, 0) is 46.5 Å². The molecule has 1 aromatic heterocycles. The van der Waals surface area contributed by atoms with Crippen LogP contribution in [0.4, 0.5) is 0 Å². The van der Waals surface area contributed by atoms with Crippen LogP contribution in [0.5, 0.6) is 5.75 Å². The number of carboxylic acid groups (broad SMARTS) is 1. The summed E-state index contributed by atoms with van der Waals surface area (Å²) in [6.07, 6.45) is 2.51. The first-order chi connectivity index (χ1) is 17.2. The fourth-order valence-corrected chi connectivity index (χ4v) is 4.42. The lowest BCUT2D eigenvalue weighted by Crippen LogP contribution is -2.24. The van der Waals surface area contributed by atoms with Gasteiger partial charge in [0, 0.05) is 35.6 Å². The number of methoxy groups -OCH3 is 1. The van der Waals surface area contributed by atoms with Gasteiger partial charge in [0.2, 0.25) is 5.91 Å². The number of amidine groups is 1. The molecule has 0 aliphatic rings. The van der Waals surface area contributed by atoms with E-state index in [0.29, 0.717) is 29.8 Å². The predicted octanol–water partition coefficient (Wildman–Crippen LogP) is 4.01. The van der Waals surface area contributed by atoms with Gasteiger partial charge in [-0.3, -0.25) is 10.2 Å². The zero-order chi connectivity index (χ0) is 26.0. The standard InChI is InChI=1S/C28H28N4O4/c1-16(27(31)33)14-32-15-19(22-9-7-18(26(29)30)12-25(22)32)11-17-5-3-4-6-21(17)23-10-8-20(36-2)13-24(23)28(34)35/h3-10,12-13,15-16H,11,14H2,1-2H3,(H3,29,30)(H2,31,33)(H,34,35). The number of aromatic carboxylic acids is 1. The number of carbonyl (C=O) groups is 2. The average Bonchev–Trinajstić information content (AvgIpc) is 3.20. The highest BCUT2D eigenvalue weighted by atomic mass is 16.5. The van der Waals surface area contributed by atoms with E-state index >= 15 is 0 Å². The van der Waals surface area contributed by atoms with Crippen molar-refractivity contribution in [2.24, 2.45) is 17.4 Å². The topological polar surface area (TPSA) is 144 Å². The van der Waals surface area contributed by atoms with Crippen LogP contribution in [0.3, 0.4) is 0 Å². The fourth-order valence-electron chi connectivity index (χ4n) is 4.42. The number of ether oxygens (including phenoxy) is 1. The molecule has 184 valence electrons. The van der Waals surface area contributed by atoms with Crippen LogP contribution in [0.1, 0.15) is 34.0 Å². The van der Waals surface area contributed by atoms with Gasteiger partial charge >= 0.3 is 5.97 Å². The number of primary amides is 1. The van der Waals surface area contributed by atoms with E-state index in [0.717, 1.165) is 27.6 Å². The third kappa shape index (κ3) is 4.79. The maximum Gasteiger partial charge on any atom is 0.336 e. The number of nitrogens with two attached hydrogens (primary N) is 2. The van der Waals surface area contributed by atoms with Crippen molar-refractivity contribution in [2.45, 2.75) is 19.9 Å². The second-order valence-electron chi connectivity index (χ2n) is 8.81. The van der Waals surface area contributed by atoms with E-state index in [2.05, 4.69) is 0 Å². The summed E-state index contributed by atoms with van der Waals surface area (Å²) in [5, 5.41) is 18.6. The highest BCUT2D eigenvalue weighted by Crippen LogP contribution is 2.33. The number of benzene rings is 3. The molecule has 0 aliphatic heterocycles. The largest absolute Gasteiger partial charge is 0.497 e. The molecule has 1 atom stereocenters. The number of nitrogens with one attached hydrogen (secondary N) is 1. The first-order valence-corrected chi connectivity index (χ1v) is 11.4. The van der Waals surface area contributed by atoms with E-state index in [-0.39, 0.29) is 17.3 Å². The van der Waals surface area contributed by atoms with Crippen molar-refractivity contribution in [1.82, 2.24) is 4.57 Å². The Kier molecular flexibility index (Phi) is 6.78. The molecule has 0 radical (unpaired) electrons. The van der Waals surface area contributed by atoms with Gasteiger partial charge in [0.1, 0.15) is 11.6 Å². The molecule has 8 nitrogen and oxygen atoms in total. The van der Waals surface area contributed by atoms with Crippen LogP contribution in [-0.2, 0) is 17.8 Å². The Morgan fingerprint density at radius 2 is 1.78 bits per heavy atom. The summed E-state index contributed by atoms with van der Waals surface area (Å²) < 4.78 is 7.19. The van der Waals surface area contributed by atoms with Gasteiger partial charge in [0.25, 0.3) is 0 Å². The van der Waals surface area contributed by atoms with Gasteiger partial charge in [-0.2, -0.15) is 0 Å². The lowest BCUT2D eigenvalue weighted by atomic mass is 9.92. The Morgan fingerprint density at radius 1 is 1.03 bits per heavy atom. The summed E-state index contributed by atoms with van der Waals surface area (Å²) >= 11 is 0. The summed E-state index contributed by atoms with van der Waals surface area (Å²) in [5.74, 6) is -1.39. The third-order valence-corrected chi connectivity index (χ3v) is 6.38. The second-order valence-corrected chi connectivity index (χ2v) is 8.81. The molecule has 8 heteroatoms. The molecule has 4 rings (SSSR count). The summed E-state index contributed by atoms with van der Waals surface area (Å²) in [5.41, 5.74) is 16.2. The number of aromatic nitrogens is 1. The van der Waals surface area contributed by atoms with Crippen molar-refractivity contribution >= 4 is 28.6 Å². The van der Waals surface area contributed by atoms with E-state index in [4.69, 9.17) is 21.6 Å². The van der Waals surface area contributed by atoms with Crippen molar-refractivity contribution in [3.8, 4) is 16.9 Å². The number of nitrogens with zero attached hydrogens (tertiary/aromatic N) is 1. The molecule has 4 aromatic rings. The molecule has 0 spiro atoms. The highest BCUT2D eigenvalue weighted by molar-refractivity contribution is 6.00. The maximum atomic E-state index is 12.0. The molecule has 6 N–H and O–H groups in total. The van der Waals surface area contributed by atoms with Crippen LogP contribution in [-0.4, -0.2) is 34.5 Å². The molecule has 36 heavy (non-hydrogen) atoms. The average molecular weight is 485 g/mol. The highest BCUT2D eigenvalue weighted by Gasteiger charge is 2.19. The Labute approximate surface area is 208 Å². The molecule has 0 saturated carbocycles. The first-order valence-electron chi connectivity index (χ1n) is 11.4. The van der Waals surface area contributed by atoms with Crippen LogP contribution in [0, 0.1) is 11.3 Å². The quantitative estimate of drug-likeness (QED) is 0.210. The monoisotopic (exact) mass is 484 g/mol. The number of hydrogen-bond acceptors (Lipinski definition) is 4. The SMILES string of the molecule is COc1ccc(-c2ccccc2Cc2cn(CC(C)C(N)=O)c3cc(C(=N)N)ccc23)c(C(=O)O)c1. The van der Waals surface area contributed by atoms with Crippen molar-refractivity contribution in [3.63, 3.8) is 0 Å². The molecule has 0 bridgehead atoms. The van der Waals surface area contributed by atoms with E-state index < -0.39 is 11.9 Å². The minimum Gasteiger partial charge on any atom is -0.497 e. The second kappa shape index (κ2) is 9.95. The van der Waals surface area contributed by atoms with Gasteiger partial charge in [-0.1, -0.05) is 43.3 Å². The lowest BCUT2D eigenvalue weighted by molar-refractivity contribution is -0.121. The smallest absolute Gasteiger partial charge is 0.336 e. The number of hydrogen-bond donors (Lipinski definition) is 4. The fraction of sp³-hybridized carbons (Fsp3) is 0.179. The third-order valence-electron chi connectivity index (χ3n) is 6.38. The molecule has 1 heterocycles. The van der Waals surface area contributed by atoms with Gasteiger partial charge < -0.3 is 25.9 Å². The lowest BCUT2D eigenvalue weighted by Gasteiger charge is -2.13. The summed E-state index contributed by atoms with van der Waals surface area (Å²) in [7, 11) is 1.50. The van der Waals surface area contributed by atoms with Gasteiger partial charge in [-0.15, -0.1) is 0 Å². The minimum atomic E-state index is -1.03. The molecular weight excluding hydrogens is 456 g/mol. The Balaban J connectivity index is 1.83. The van der Waals surface area contributed by atoms with Gasteiger partial charge in [0.05, 0.1) is 18.6 Å². The van der Waals surface area contributed by atoms with E-state index in [1.165, 1.54) is 13.2 Å². The number of carboxylic acids is 1. The molecule has 3 aromatic carbocycles. The van der Waals surface area contributed by atoms with E-state index in [1.54, 1.807) is 25.1 Å². The van der Waals surface area contributed by atoms with Crippen LogP contribution in [0.15, 0.2) is 66.9 Å². The molecule has 0 saturated heterocycles. The van der Waals surface area contributed by atoms with E-state index in [1.807, 2.05) is 47.2 Å². The zero-order valence-corrected chi connectivity index (χ0v) is 20.1. The Morgan fingerprint density at radius 3 is 2.44 bits per heavy atom. The van der Waals surface area contributed by atoms with Crippen molar-refractivity contribution in [1.29, 1.82) is 5.41 Å². The molecule has 0 fully saturated rings. The number of amides is 1. The van der Waals surface area contributed by atoms with Crippen molar-refractivity contribution < 1.29 is 19.4 Å². The van der Waals surface area contributed by atoms with Crippen LogP contribution in [0.2, 0.25) is 0 Å². The summed E-state index contributed by atoms with van der Waals surface area (Å²) in [6.45, 7) is 2.16. The normalized spacial score (nSPS) is 11.8. The van der Waals surface area contributed by atoms with Crippen molar-refractivity contribution in [2.75, 3.05) is 7.11 Å². The van der Waals surface area contributed by atoms with E-state index in [9.17, 15) is 14.7 Å². The summed E-state index contributed by atoms with van der Waals surface area (Å²) in [6, 6.07) is 18.3.